The molecule has 2 aromatic carbocycles. The van der Waals surface area contributed by atoms with E-state index in [0.717, 1.165) is 67.1 Å². The first-order chi connectivity index (χ1) is 21.8. The lowest BCUT2D eigenvalue weighted by molar-refractivity contribution is 0.0527. The van der Waals surface area contributed by atoms with Gasteiger partial charge in [0.15, 0.2) is 0 Å². The van der Waals surface area contributed by atoms with Crippen LogP contribution in [0.15, 0.2) is 84.9 Å². The van der Waals surface area contributed by atoms with E-state index in [9.17, 15) is 4.79 Å². The van der Waals surface area contributed by atoms with Crippen LogP contribution in [0.25, 0.3) is 68.6 Å². The van der Waals surface area contributed by atoms with E-state index in [4.69, 9.17) is 14.7 Å². The average Bonchev–Trinajstić information content (AvgIpc) is 3.84. The zero-order valence-electron chi connectivity index (χ0n) is 25.8. The van der Waals surface area contributed by atoms with E-state index in [-0.39, 0.29) is 11.4 Å². The van der Waals surface area contributed by atoms with Crippen molar-refractivity contribution in [3.63, 3.8) is 0 Å². The van der Waals surface area contributed by atoms with E-state index in [1.165, 1.54) is 5.56 Å². The number of benzene rings is 2. The molecule has 0 amide bonds. The van der Waals surface area contributed by atoms with Crippen LogP contribution >= 0.6 is 0 Å². The lowest BCUT2D eigenvalue weighted by Crippen LogP contribution is -2.10. The second kappa shape index (κ2) is 11.2. The molecule has 2 N–H and O–H groups in total. The zero-order valence-corrected chi connectivity index (χ0v) is 25.8. The summed E-state index contributed by atoms with van der Waals surface area (Å²) in [6.45, 7) is 8.79. The molecule has 0 saturated heterocycles. The quantitative estimate of drug-likeness (QED) is 0.200. The number of esters is 1. The van der Waals surface area contributed by atoms with Crippen molar-refractivity contribution in [2.24, 2.45) is 0 Å². The highest BCUT2D eigenvalue weighted by atomic mass is 16.5. The summed E-state index contributed by atoms with van der Waals surface area (Å²) in [6, 6.07) is 28.6. The fourth-order valence-electron chi connectivity index (χ4n) is 5.88. The average molecular weight is 591 g/mol. The number of rotatable bonds is 4. The van der Waals surface area contributed by atoms with Gasteiger partial charge in [-0.1, -0.05) is 63.2 Å². The summed E-state index contributed by atoms with van der Waals surface area (Å²) in [5.74, 6) is -0.364. The van der Waals surface area contributed by atoms with Gasteiger partial charge < -0.3 is 14.7 Å². The summed E-state index contributed by atoms with van der Waals surface area (Å²) in [6.07, 6.45) is 8.10. The Hall–Kier alpha value is -5.49. The van der Waals surface area contributed by atoms with Crippen LogP contribution in [0.5, 0.6) is 0 Å². The lowest BCUT2D eigenvalue weighted by Gasteiger charge is -2.19. The third-order valence-electron chi connectivity index (χ3n) is 8.13. The smallest absolute Gasteiger partial charge is 0.338 e. The van der Waals surface area contributed by atoms with Gasteiger partial charge in [0, 0.05) is 38.8 Å². The Balaban J connectivity index is 1.50. The number of fused-ring (bicyclic) bond motifs is 8. The summed E-state index contributed by atoms with van der Waals surface area (Å²) in [7, 11) is 0. The largest absolute Gasteiger partial charge is 0.462 e. The molecule has 0 aliphatic carbocycles. The van der Waals surface area contributed by atoms with E-state index in [2.05, 4.69) is 73.2 Å². The van der Waals surface area contributed by atoms with Gasteiger partial charge in [-0.2, -0.15) is 0 Å². The topological polar surface area (TPSA) is 83.7 Å². The Bertz CT molecular complexity index is 2170. The molecular formula is C39H34N4O2. The number of carbonyl (C=O) groups is 1. The number of ether oxygens (including phenoxy) is 1. The monoisotopic (exact) mass is 590 g/mol. The summed E-state index contributed by atoms with van der Waals surface area (Å²) in [5.41, 5.74) is 12.5. The van der Waals surface area contributed by atoms with Gasteiger partial charge in [-0.05, 0) is 90.2 Å². The molecule has 2 aliphatic heterocycles. The molecule has 6 heteroatoms. The van der Waals surface area contributed by atoms with Gasteiger partial charge in [0.25, 0.3) is 0 Å². The van der Waals surface area contributed by atoms with Crippen LogP contribution in [0.3, 0.4) is 0 Å². The highest BCUT2D eigenvalue weighted by Crippen LogP contribution is 2.34. The first kappa shape index (κ1) is 28.3. The van der Waals surface area contributed by atoms with Crippen molar-refractivity contribution in [2.75, 3.05) is 6.61 Å². The van der Waals surface area contributed by atoms with Crippen LogP contribution in [0.4, 0.5) is 0 Å². The SMILES string of the molecule is CCOC(=O)c1ccccc1-c1c2nc(cc3ccc([nH]3)c(-c3ccc(C(C)(C)C)cc3)c3nc(cc4ccc1[nH]4)C=C3)C=C2. The van der Waals surface area contributed by atoms with Gasteiger partial charge in [0.1, 0.15) is 0 Å². The molecule has 0 fully saturated rings. The Morgan fingerprint density at radius 2 is 1.29 bits per heavy atom. The van der Waals surface area contributed by atoms with Gasteiger partial charge in [0.2, 0.25) is 0 Å². The number of aromatic amines is 2. The number of hydrogen-bond acceptors (Lipinski definition) is 4. The van der Waals surface area contributed by atoms with Crippen LogP contribution in [0.1, 0.15) is 66.4 Å². The fraction of sp³-hybridized carbons (Fsp3) is 0.154. The van der Waals surface area contributed by atoms with Crippen molar-refractivity contribution >= 4 is 52.3 Å². The number of carbonyl (C=O) groups excluding carboxylic acids is 1. The highest BCUT2D eigenvalue weighted by molar-refractivity contribution is 6.02. The summed E-state index contributed by atoms with van der Waals surface area (Å²) in [4.78, 5) is 30.2. The van der Waals surface area contributed by atoms with Crippen LogP contribution in [-0.2, 0) is 10.2 Å². The zero-order chi connectivity index (χ0) is 31.1. The first-order valence-corrected chi connectivity index (χ1v) is 15.2. The first-order valence-electron chi connectivity index (χ1n) is 15.2. The maximum atomic E-state index is 13.0. The normalized spacial score (nSPS) is 12.4. The molecule has 0 atom stereocenters. The summed E-state index contributed by atoms with van der Waals surface area (Å²) >= 11 is 0. The van der Waals surface area contributed by atoms with E-state index < -0.39 is 0 Å². The van der Waals surface area contributed by atoms with Crippen LogP contribution in [-0.4, -0.2) is 32.5 Å². The molecule has 5 aromatic rings. The second-order valence-corrected chi connectivity index (χ2v) is 12.3. The molecule has 0 unspecified atom stereocenters. The maximum Gasteiger partial charge on any atom is 0.338 e. The molecule has 5 heterocycles. The Kier molecular flexibility index (Phi) is 7.05. The lowest BCUT2D eigenvalue weighted by atomic mass is 9.86. The van der Waals surface area contributed by atoms with Crippen molar-refractivity contribution in [1.29, 1.82) is 0 Å². The molecule has 7 rings (SSSR count). The minimum Gasteiger partial charge on any atom is -0.462 e. The standard InChI is InChI=1S/C39H34N4O2/c1-5-45-38(44)31-9-7-6-8-30(31)37-34-20-16-28(42-34)22-26-14-18-32(40-26)36(24-10-12-25(13-11-24)39(2,3)4)33-19-15-27(41-33)23-29-17-21-35(37)43-29/h6-23,40,43H,5H2,1-4H3. The van der Waals surface area contributed by atoms with Gasteiger partial charge in [-0.3, -0.25) is 0 Å². The molecular weight excluding hydrogens is 556 g/mol. The molecule has 6 nitrogen and oxygen atoms in total. The molecule has 3 aromatic heterocycles. The maximum absolute atomic E-state index is 13.0. The van der Waals surface area contributed by atoms with E-state index >= 15 is 0 Å². The van der Waals surface area contributed by atoms with Crippen molar-refractivity contribution in [1.82, 2.24) is 19.9 Å². The van der Waals surface area contributed by atoms with Gasteiger partial charge in [0.05, 0.1) is 34.9 Å². The molecule has 8 bridgehead atoms. The number of nitrogens with one attached hydrogen (secondary N) is 2. The summed E-state index contributed by atoms with van der Waals surface area (Å²) in [5, 5.41) is 0. The molecule has 0 radical (unpaired) electrons. The van der Waals surface area contributed by atoms with Crippen LogP contribution in [0, 0.1) is 0 Å². The fourth-order valence-corrected chi connectivity index (χ4v) is 5.88. The van der Waals surface area contributed by atoms with Crippen molar-refractivity contribution < 1.29 is 9.53 Å². The third kappa shape index (κ3) is 5.51. The van der Waals surface area contributed by atoms with Gasteiger partial charge in [-0.25, -0.2) is 14.8 Å². The summed E-state index contributed by atoms with van der Waals surface area (Å²) < 4.78 is 5.41. The molecule has 222 valence electrons. The number of H-pyrrole nitrogens is 2. The number of hydrogen-bond donors (Lipinski definition) is 2. The van der Waals surface area contributed by atoms with Crippen LogP contribution < -0.4 is 0 Å². The Morgan fingerprint density at radius 3 is 1.89 bits per heavy atom. The van der Waals surface area contributed by atoms with Gasteiger partial charge in [-0.15, -0.1) is 0 Å². The molecule has 2 aliphatic rings. The van der Waals surface area contributed by atoms with Crippen LogP contribution in [0.2, 0.25) is 0 Å². The Labute approximate surface area is 262 Å². The molecule has 0 saturated carbocycles. The van der Waals surface area contributed by atoms with E-state index in [0.29, 0.717) is 12.2 Å². The Morgan fingerprint density at radius 1 is 0.711 bits per heavy atom. The van der Waals surface area contributed by atoms with Crippen molar-refractivity contribution in [2.45, 2.75) is 33.1 Å². The van der Waals surface area contributed by atoms with E-state index in [1.54, 1.807) is 6.07 Å². The minimum atomic E-state index is -0.364. The highest BCUT2D eigenvalue weighted by Gasteiger charge is 2.19. The third-order valence-corrected chi connectivity index (χ3v) is 8.13. The molecule has 0 spiro atoms. The second-order valence-electron chi connectivity index (χ2n) is 12.3. The minimum absolute atomic E-state index is 0.0669. The van der Waals surface area contributed by atoms with E-state index in [1.807, 2.05) is 67.6 Å². The van der Waals surface area contributed by atoms with Crippen molar-refractivity contribution in [3.8, 4) is 22.3 Å². The van der Waals surface area contributed by atoms with Gasteiger partial charge >= 0.3 is 5.97 Å². The van der Waals surface area contributed by atoms with Crippen molar-refractivity contribution in [3.05, 3.63) is 119 Å². The number of aromatic nitrogens is 4. The molecule has 45 heavy (non-hydrogen) atoms. The number of nitrogens with zero attached hydrogens (tertiary/aromatic N) is 2. The predicted octanol–water partition coefficient (Wildman–Crippen LogP) is 9.46. The predicted molar refractivity (Wildman–Crippen MR) is 184 cm³/mol.